The number of hydrogen-bond acceptors (Lipinski definition) is 2. The van der Waals surface area contributed by atoms with Crippen LogP contribution in [0.1, 0.15) is 23.2 Å². The van der Waals surface area contributed by atoms with Gasteiger partial charge in [0.15, 0.2) is 0 Å². The third kappa shape index (κ3) is 2.01. The monoisotopic (exact) mass is 196 g/mol. The van der Waals surface area contributed by atoms with Gasteiger partial charge in [-0.3, -0.25) is 4.79 Å². The number of hydrogen-bond donors (Lipinski definition) is 0. The number of benzene rings is 1. The van der Waals surface area contributed by atoms with Gasteiger partial charge >= 0.3 is 0 Å². The Kier molecular flexibility index (Phi) is 2.23. The summed E-state index contributed by atoms with van der Waals surface area (Å²) in [6.45, 7) is 0. The molecule has 0 bridgehead atoms. The lowest BCUT2D eigenvalue weighted by Crippen LogP contribution is -2.01. The number of para-hydroxylation sites is 1. The zero-order valence-electron chi connectivity index (χ0n) is 7.00. The van der Waals surface area contributed by atoms with Crippen LogP contribution in [0.3, 0.4) is 0 Å². The zero-order valence-corrected chi connectivity index (χ0v) is 7.75. The van der Waals surface area contributed by atoms with Crippen molar-refractivity contribution in [2.75, 3.05) is 0 Å². The van der Waals surface area contributed by atoms with E-state index in [1.54, 1.807) is 18.2 Å². The molecule has 3 heteroatoms. The fraction of sp³-hybridized carbons (Fsp3) is 0.300. The third-order valence-corrected chi connectivity index (χ3v) is 2.12. The molecule has 1 aliphatic rings. The Labute approximate surface area is 81.5 Å². The van der Waals surface area contributed by atoms with Gasteiger partial charge in [0.05, 0.1) is 11.7 Å². The fourth-order valence-corrected chi connectivity index (χ4v) is 1.25. The van der Waals surface area contributed by atoms with Gasteiger partial charge in [-0.25, -0.2) is 0 Å². The zero-order chi connectivity index (χ0) is 9.26. The summed E-state index contributed by atoms with van der Waals surface area (Å²) in [5.74, 6) is 0.602. The van der Waals surface area contributed by atoms with Crippen molar-refractivity contribution in [3.63, 3.8) is 0 Å². The first-order valence-electron chi connectivity index (χ1n) is 4.23. The van der Waals surface area contributed by atoms with E-state index in [1.807, 2.05) is 6.07 Å². The van der Waals surface area contributed by atoms with Crippen LogP contribution in [-0.4, -0.2) is 11.3 Å². The van der Waals surface area contributed by atoms with E-state index in [4.69, 9.17) is 16.3 Å². The molecule has 2 nitrogen and oxygen atoms in total. The summed E-state index contributed by atoms with van der Waals surface area (Å²) in [6.07, 6.45) is 2.44. The highest BCUT2D eigenvalue weighted by Gasteiger charge is 2.25. The van der Waals surface area contributed by atoms with E-state index in [0.29, 0.717) is 11.3 Å². The Morgan fingerprint density at radius 2 is 2.08 bits per heavy atom. The molecule has 0 unspecified atom stereocenters. The molecule has 0 amide bonds. The first-order chi connectivity index (χ1) is 6.27. The minimum atomic E-state index is -0.462. The van der Waals surface area contributed by atoms with E-state index < -0.39 is 5.24 Å². The Hall–Kier alpha value is -1.02. The van der Waals surface area contributed by atoms with E-state index >= 15 is 0 Å². The molecule has 1 fully saturated rings. The van der Waals surface area contributed by atoms with Crippen LogP contribution in [0.15, 0.2) is 24.3 Å². The maximum absolute atomic E-state index is 11.0. The summed E-state index contributed by atoms with van der Waals surface area (Å²) < 4.78 is 5.51. The first-order valence-corrected chi connectivity index (χ1v) is 4.60. The normalized spacial score (nSPS) is 15.5. The maximum atomic E-state index is 11.0. The molecule has 2 rings (SSSR count). The van der Waals surface area contributed by atoms with Crippen LogP contribution in [0.25, 0.3) is 0 Å². The van der Waals surface area contributed by atoms with E-state index in [0.717, 1.165) is 12.8 Å². The number of carbonyl (C=O) groups is 1. The highest BCUT2D eigenvalue weighted by atomic mass is 35.5. The molecule has 1 aromatic rings. The lowest BCUT2D eigenvalue weighted by Gasteiger charge is -2.06. The standard InChI is InChI=1S/C10H9ClO2/c11-10(12)8-3-1-2-4-9(8)13-7-5-6-7/h1-4,7H,5-6H2. The van der Waals surface area contributed by atoms with Crippen molar-refractivity contribution in [3.05, 3.63) is 29.8 Å². The smallest absolute Gasteiger partial charge is 0.256 e. The summed E-state index contributed by atoms with van der Waals surface area (Å²) in [6, 6.07) is 7.05. The molecule has 68 valence electrons. The lowest BCUT2D eigenvalue weighted by atomic mass is 10.2. The van der Waals surface area contributed by atoms with Gasteiger partial charge in [0, 0.05) is 0 Å². The molecule has 0 atom stereocenters. The van der Waals surface area contributed by atoms with Gasteiger partial charge in [-0.05, 0) is 36.6 Å². The van der Waals surface area contributed by atoms with E-state index in [-0.39, 0.29) is 6.10 Å². The highest BCUT2D eigenvalue weighted by molar-refractivity contribution is 6.68. The molecule has 1 saturated carbocycles. The van der Waals surface area contributed by atoms with E-state index in [9.17, 15) is 4.79 Å². The Morgan fingerprint density at radius 3 is 2.69 bits per heavy atom. The second-order valence-corrected chi connectivity index (χ2v) is 3.43. The third-order valence-electron chi connectivity index (χ3n) is 1.92. The van der Waals surface area contributed by atoms with Crippen LogP contribution in [0.2, 0.25) is 0 Å². The molecule has 0 N–H and O–H groups in total. The van der Waals surface area contributed by atoms with Crippen molar-refractivity contribution in [3.8, 4) is 5.75 Å². The van der Waals surface area contributed by atoms with Gasteiger partial charge in [-0.15, -0.1) is 0 Å². The van der Waals surface area contributed by atoms with Crippen LogP contribution in [0, 0.1) is 0 Å². The Morgan fingerprint density at radius 1 is 1.38 bits per heavy atom. The topological polar surface area (TPSA) is 26.3 Å². The molecule has 0 aliphatic heterocycles. The molecule has 0 aromatic heterocycles. The van der Waals surface area contributed by atoms with Gasteiger partial charge in [-0.1, -0.05) is 12.1 Å². The Balaban J connectivity index is 2.25. The molecule has 0 radical (unpaired) electrons. The molecular formula is C10H9ClO2. The SMILES string of the molecule is O=C(Cl)c1ccccc1OC1CC1. The summed E-state index contributed by atoms with van der Waals surface area (Å²) in [7, 11) is 0. The molecule has 0 heterocycles. The van der Waals surface area contributed by atoms with Gasteiger partial charge < -0.3 is 4.74 Å². The van der Waals surface area contributed by atoms with Crippen molar-refractivity contribution in [2.24, 2.45) is 0 Å². The molecular weight excluding hydrogens is 188 g/mol. The van der Waals surface area contributed by atoms with E-state index in [2.05, 4.69) is 0 Å². The number of halogens is 1. The summed E-state index contributed by atoms with van der Waals surface area (Å²) in [5, 5.41) is -0.462. The van der Waals surface area contributed by atoms with Crippen LogP contribution >= 0.6 is 11.6 Å². The highest BCUT2D eigenvalue weighted by Crippen LogP contribution is 2.29. The quantitative estimate of drug-likeness (QED) is 0.695. The lowest BCUT2D eigenvalue weighted by molar-refractivity contribution is 0.107. The fourth-order valence-electron chi connectivity index (χ4n) is 1.10. The predicted molar refractivity (Wildman–Crippen MR) is 50.3 cm³/mol. The minimum absolute atomic E-state index is 0.289. The average Bonchev–Trinajstić information content (AvgIpc) is 2.89. The number of rotatable bonds is 3. The Bertz CT molecular complexity index is 331. The van der Waals surface area contributed by atoms with Crippen LogP contribution < -0.4 is 4.74 Å². The van der Waals surface area contributed by atoms with Crippen LogP contribution in [0.5, 0.6) is 5.75 Å². The van der Waals surface area contributed by atoms with E-state index in [1.165, 1.54) is 0 Å². The molecule has 13 heavy (non-hydrogen) atoms. The van der Waals surface area contributed by atoms with Gasteiger partial charge in [0.1, 0.15) is 5.75 Å². The molecule has 1 aliphatic carbocycles. The summed E-state index contributed by atoms with van der Waals surface area (Å²) in [4.78, 5) is 11.0. The van der Waals surface area contributed by atoms with Gasteiger partial charge in [-0.2, -0.15) is 0 Å². The van der Waals surface area contributed by atoms with Crippen molar-refractivity contribution in [1.29, 1.82) is 0 Å². The second-order valence-electron chi connectivity index (χ2n) is 3.09. The van der Waals surface area contributed by atoms with Crippen molar-refractivity contribution >= 4 is 16.8 Å². The van der Waals surface area contributed by atoms with Crippen molar-refractivity contribution < 1.29 is 9.53 Å². The molecule has 0 spiro atoms. The second kappa shape index (κ2) is 3.38. The van der Waals surface area contributed by atoms with Gasteiger partial charge in [0.25, 0.3) is 5.24 Å². The van der Waals surface area contributed by atoms with Crippen molar-refractivity contribution in [1.82, 2.24) is 0 Å². The predicted octanol–water partition coefficient (Wildman–Crippen LogP) is 2.61. The molecule has 1 aromatic carbocycles. The summed E-state index contributed by atoms with van der Waals surface area (Å²) in [5.41, 5.74) is 0.455. The van der Waals surface area contributed by atoms with Gasteiger partial charge in [0.2, 0.25) is 0 Å². The largest absolute Gasteiger partial charge is 0.490 e. The van der Waals surface area contributed by atoms with Crippen LogP contribution in [-0.2, 0) is 0 Å². The number of carbonyl (C=O) groups excluding carboxylic acids is 1. The van der Waals surface area contributed by atoms with Crippen LogP contribution in [0.4, 0.5) is 0 Å². The molecule has 0 saturated heterocycles. The minimum Gasteiger partial charge on any atom is -0.490 e. The number of ether oxygens (including phenoxy) is 1. The maximum Gasteiger partial charge on any atom is 0.256 e. The van der Waals surface area contributed by atoms with Crippen molar-refractivity contribution in [2.45, 2.75) is 18.9 Å². The first kappa shape index (κ1) is 8.57. The average molecular weight is 197 g/mol. The summed E-state index contributed by atoms with van der Waals surface area (Å²) >= 11 is 5.39.